The molecular formula is C11H22N2O. The van der Waals surface area contributed by atoms with Crippen molar-refractivity contribution in [3.05, 3.63) is 0 Å². The molecule has 0 spiro atoms. The van der Waals surface area contributed by atoms with Gasteiger partial charge in [0.25, 0.3) is 0 Å². The van der Waals surface area contributed by atoms with Crippen molar-refractivity contribution in [1.29, 1.82) is 0 Å². The summed E-state index contributed by atoms with van der Waals surface area (Å²) in [4.78, 5) is 13.2. The Kier molecular flexibility index (Phi) is 5.80. The van der Waals surface area contributed by atoms with Gasteiger partial charge >= 0.3 is 0 Å². The van der Waals surface area contributed by atoms with Crippen LogP contribution < -0.4 is 5.32 Å². The van der Waals surface area contributed by atoms with Gasteiger partial charge in [-0.25, -0.2) is 0 Å². The molecule has 1 saturated heterocycles. The quantitative estimate of drug-likeness (QED) is 0.670. The molecule has 14 heavy (non-hydrogen) atoms. The third-order valence-electron chi connectivity index (χ3n) is 2.69. The Balaban J connectivity index is 2.01. The summed E-state index contributed by atoms with van der Waals surface area (Å²) in [6, 6.07) is 0. The topological polar surface area (TPSA) is 32.3 Å². The minimum absolute atomic E-state index is 0.322. The van der Waals surface area contributed by atoms with Crippen LogP contribution >= 0.6 is 0 Å². The average Bonchev–Trinajstić information content (AvgIpc) is 2.40. The van der Waals surface area contributed by atoms with E-state index in [9.17, 15) is 4.79 Å². The Labute approximate surface area is 86.9 Å². The number of hydrogen-bond acceptors (Lipinski definition) is 3. The lowest BCUT2D eigenvalue weighted by Gasteiger charge is -2.18. The fourth-order valence-corrected chi connectivity index (χ4v) is 1.83. The minimum atomic E-state index is 0.322. The number of unbranched alkanes of at least 4 members (excludes halogenated alkanes) is 1. The van der Waals surface area contributed by atoms with Gasteiger partial charge in [0.15, 0.2) is 0 Å². The van der Waals surface area contributed by atoms with Gasteiger partial charge in [0.05, 0.1) is 0 Å². The Bertz CT molecular complexity index is 163. The highest BCUT2D eigenvalue weighted by atomic mass is 16.1. The highest BCUT2D eigenvalue weighted by Gasteiger charge is 2.07. The van der Waals surface area contributed by atoms with E-state index in [1.165, 1.54) is 25.9 Å². The largest absolute Gasteiger partial charge is 0.315 e. The molecule has 0 aliphatic carbocycles. The van der Waals surface area contributed by atoms with Gasteiger partial charge in [-0.2, -0.15) is 0 Å². The number of carbonyl (C=O) groups excluding carboxylic acids is 1. The first-order valence-electron chi connectivity index (χ1n) is 5.71. The fraction of sp³-hybridized carbons (Fsp3) is 0.909. The van der Waals surface area contributed by atoms with Crippen molar-refractivity contribution in [1.82, 2.24) is 10.2 Å². The molecule has 0 atom stereocenters. The van der Waals surface area contributed by atoms with Gasteiger partial charge in [-0.15, -0.1) is 0 Å². The van der Waals surface area contributed by atoms with Crippen LogP contribution in [0.4, 0.5) is 0 Å². The lowest BCUT2D eigenvalue weighted by molar-refractivity contribution is -0.117. The van der Waals surface area contributed by atoms with Gasteiger partial charge in [0.1, 0.15) is 5.78 Å². The average molecular weight is 198 g/mol. The zero-order chi connectivity index (χ0) is 10.2. The molecule has 0 saturated carbocycles. The first-order valence-corrected chi connectivity index (χ1v) is 5.71. The summed E-state index contributed by atoms with van der Waals surface area (Å²) in [6.07, 6.45) is 4.23. The van der Waals surface area contributed by atoms with Gasteiger partial charge in [-0.1, -0.05) is 0 Å². The number of ketones is 1. The van der Waals surface area contributed by atoms with Crippen LogP contribution in [0.2, 0.25) is 0 Å². The van der Waals surface area contributed by atoms with Crippen molar-refractivity contribution >= 4 is 5.78 Å². The zero-order valence-electron chi connectivity index (χ0n) is 9.22. The van der Waals surface area contributed by atoms with Crippen LogP contribution in [0.25, 0.3) is 0 Å². The van der Waals surface area contributed by atoms with E-state index in [4.69, 9.17) is 0 Å². The SMILES string of the molecule is CC(=O)CCCCN1CCCNCC1. The van der Waals surface area contributed by atoms with Crippen LogP contribution in [0.15, 0.2) is 0 Å². The molecular weight excluding hydrogens is 176 g/mol. The number of nitrogens with zero attached hydrogens (tertiary/aromatic N) is 1. The lowest BCUT2D eigenvalue weighted by Crippen LogP contribution is -2.29. The number of carbonyl (C=O) groups is 1. The summed E-state index contributed by atoms with van der Waals surface area (Å²) < 4.78 is 0. The number of rotatable bonds is 5. The van der Waals surface area contributed by atoms with Crippen molar-refractivity contribution in [3.8, 4) is 0 Å². The third kappa shape index (κ3) is 5.35. The molecule has 0 bridgehead atoms. The van der Waals surface area contributed by atoms with E-state index in [1.54, 1.807) is 6.92 Å². The van der Waals surface area contributed by atoms with Crippen molar-refractivity contribution in [2.45, 2.75) is 32.6 Å². The van der Waals surface area contributed by atoms with Crippen LogP contribution in [0.5, 0.6) is 0 Å². The maximum absolute atomic E-state index is 10.7. The highest BCUT2D eigenvalue weighted by molar-refractivity contribution is 5.75. The molecule has 0 radical (unpaired) electrons. The maximum Gasteiger partial charge on any atom is 0.129 e. The van der Waals surface area contributed by atoms with E-state index in [2.05, 4.69) is 10.2 Å². The second-order valence-electron chi connectivity index (χ2n) is 4.10. The van der Waals surface area contributed by atoms with E-state index in [1.807, 2.05) is 0 Å². The summed E-state index contributed by atoms with van der Waals surface area (Å²) in [6.45, 7) is 7.49. The molecule has 1 aliphatic heterocycles. The van der Waals surface area contributed by atoms with E-state index in [0.29, 0.717) is 5.78 Å². The number of hydrogen-bond donors (Lipinski definition) is 1. The van der Waals surface area contributed by atoms with Crippen molar-refractivity contribution in [2.75, 3.05) is 32.7 Å². The standard InChI is InChI=1S/C11H22N2O/c1-11(14)5-2-3-8-13-9-4-6-12-7-10-13/h12H,2-10H2,1H3. The Morgan fingerprint density at radius 1 is 1.29 bits per heavy atom. The molecule has 0 unspecified atom stereocenters. The summed E-state index contributed by atoms with van der Waals surface area (Å²) in [5.74, 6) is 0.322. The molecule has 1 aliphatic rings. The molecule has 3 heteroatoms. The molecule has 0 amide bonds. The maximum atomic E-state index is 10.7. The van der Waals surface area contributed by atoms with E-state index in [0.717, 1.165) is 32.5 Å². The normalized spacial score (nSPS) is 19.2. The Morgan fingerprint density at radius 2 is 2.14 bits per heavy atom. The lowest BCUT2D eigenvalue weighted by atomic mass is 10.2. The molecule has 1 N–H and O–H groups in total. The minimum Gasteiger partial charge on any atom is -0.315 e. The summed E-state index contributed by atoms with van der Waals surface area (Å²) in [7, 11) is 0. The summed E-state index contributed by atoms with van der Waals surface area (Å²) in [5, 5.41) is 3.39. The van der Waals surface area contributed by atoms with Gasteiger partial charge in [0, 0.05) is 19.5 Å². The third-order valence-corrected chi connectivity index (χ3v) is 2.69. The molecule has 3 nitrogen and oxygen atoms in total. The van der Waals surface area contributed by atoms with E-state index in [-0.39, 0.29) is 0 Å². The van der Waals surface area contributed by atoms with Crippen molar-refractivity contribution in [2.24, 2.45) is 0 Å². The van der Waals surface area contributed by atoms with Crippen LogP contribution in [-0.2, 0) is 4.79 Å². The van der Waals surface area contributed by atoms with Crippen LogP contribution in [0.1, 0.15) is 32.6 Å². The summed E-state index contributed by atoms with van der Waals surface area (Å²) in [5.41, 5.74) is 0. The molecule has 1 fully saturated rings. The van der Waals surface area contributed by atoms with Crippen LogP contribution in [0, 0.1) is 0 Å². The second-order valence-corrected chi connectivity index (χ2v) is 4.10. The number of nitrogens with one attached hydrogen (secondary N) is 1. The van der Waals surface area contributed by atoms with E-state index >= 15 is 0 Å². The second kappa shape index (κ2) is 6.96. The van der Waals surface area contributed by atoms with Crippen molar-refractivity contribution < 1.29 is 4.79 Å². The van der Waals surface area contributed by atoms with Crippen molar-refractivity contribution in [3.63, 3.8) is 0 Å². The fourth-order valence-electron chi connectivity index (χ4n) is 1.83. The highest BCUT2D eigenvalue weighted by Crippen LogP contribution is 2.01. The van der Waals surface area contributed by atoms with Gasteiger partial charge in [-0.3, -0.25) is 0 Å². The monoisotopic (exact) mass is 198 g/mol. The smallest absolute Gasteiger partial charge is 0.129 e. The van der Waals surface area contributed by atoms with Crippen LogP contribution in [-0.4, -0.2) is 43.4 Å². The van der Waals surface area contributed by atoms with Gasteiger partial charge in [0.2, 0.25) is 0 Å². The summed E-state index contributed by atoms with van der Waals surface area (Å²) >= 11 is 0. The predicted octanol–water partition coefficient (Wildman–Crippen LogP) is 1.04. The first kappa shape index (κ1) is 11.7. The Hall–Kier alpha value is -0.410. The molecule has 0 aromatic rings. The molecule has 1 heterocycles. The number of Topliss-reactive ketones (excluding diaryl/α,β-unsaturated/α-hetero) is 1. The zero-order valence-corrected chi connectivity index (χ0v) is 9.22. The van der Waals surface area contributed by atoms with E-state index < -0.39 is 0 Å². The van der Waals surface area contributed by atoms with Gasteiger partial charge in [-0.05, 0) is 45.8 Å². The molecule has 0 aromatic heterocycles. The van der Waals surface area contributed by atoms with Gasteiger partial charge < -0.3 is 15.0 Å². The molecule has 1 rings (SSSR count). The Morgan fingerprint density at radius 3 is 2.93 bits per heavy atom. The predicted molar refractivity (Wildman–Crippen MR) is 58.5 cm³/mol. The molecule has 0 aromatic carbocycles. The first-order chi connectivity index (χ1) is 6.79. The molecule has 82 valence electrons. The van der Waals surface area contributed by atoms with Crippen LogP contribution in [0.3, 0.4) is 0 Å².